The van der Waals surface area contributed by atoms with Gasteiger partial charge in [0.1, 0.15) is 41.0 Å². The average Bonchev–Trinajstić information content (AvgIpc) is 3.55. The third-order valence-corrected chi connectivity index (χ3v) is 9.66. The molecule has 246 valence electrons. The third kappa shape index (κ3) is 5.61. The summed E-state index contributed by atoms with van der Waals surface area (Å²) in [4.78, 5) is 18.1. The fourth-order valence-corrected chi connectivity index (χ4v) is 7.62. The molecule has 3 aliphatic rings. The van der Waals surface area contributed by atoms with Gasteiger partial charge in [0.2, 0.25) is 5.88 Å². The second-order valence-electron chi connectivity index (χ2n) is 13.7. The van der Waals surface area contributed by atoms with Crippen LogP contribution in [0.2, 0.25) is 0 Å². The maximum absolute atomic E-state index is 17.1. The number of rotatable bonds is 7. The smallest absolute Gasteiger partial charge is 0.319 e. The number of ether oxygens (including phenoxy) is 2. The molecule has 0 bridgehead atoms. The molecule has 3 aliphatic heterocycles. The number of hydrogen-bond donors (Lipinski definition) is 1. The van der Waals surface area contributed by atoms with Gasteiger partial charge in [0.25, 0.3) is 0 Å². The normalized spacial score (nSPS) is 24.7. The molecule has 11 heteroatoms. The molecule has 3 fully saturated rings. The van der Waals surface area contributed by atoms with Crippen LogP contribution in [-0.4, -0.2) is 81.2 Å². The molecule has 47 heavy (non-hydrogen) atoms. The van der Waals surface area contributed by atoms with E-state index in [0.29, 0.717) is 48.9 Å². The predicted octanol–water partition coefficient (Wildman–Crippen LogP) is 6.20. The number of aromatic nitrogens is 3. The summed E-state index contributed by atoms with van der Waals surface area (Å²) in [6, 6.07) is 7.95. The van der Waals surface area contributed by atoms with Gasteiger partial charge in [-0.2, -0.15) is 9.97 Å². The molecule has 0 spiro atoms. The van der Waals surface area contributed by atoms with Crippen LogP contribution in [0, 0.1) is 24.0 Å². The van der Waals surface area contributed by atoms with E-state index in [-0.39, 0.29) is 58.9 Å². The number of aliphatic hydroxyl groups is 1. The number of benzene rings is 2. The van der Waals surface area contributed by atoms with Crippen LogP contribution >= 0.6 is 0 Å². The van der Waals surface area contributed by atoms with Gasteiger partial charge in [-0.3, -0.25) is 4.90 Å². The number of halogens is 3. The number of piperidine rings is 1. The standard InChI is InChI=1S/C36H38F3N5O3/c1-5-24-26(38)12-11-22-9-6-10-25(27(22)24)30-29(39)31-28(33(40-30)47-21(2)3)32(43-15-7-13-35(4,45)19-43)42-34(41-31)46-20-36-14-8-16-44(36)18-23(37)17-36/h1,6,9-12,21,23,45H,7-8,13-20H2,2-4H3/t23-,35-,36+/m1/s1. The van der Waals surface area contributed by atoms with E-state index in [2.05, 4.69) is 15.8 Å². The summed E-state index contributed by atoms with van der Waals surface area (Å²) in [7, 11) is 0. The Hall–Kier alpha value is -4.14. The molecule has 5 heterocycles. The highest BCUT2D eigenvalue weighted by atomic mass is 19.1. The molecular weight excluding hydrogens is 607 g/mol. The molecule has 1 N–H and O–H groups in total. The fraction of sp³-hybridized carbons (Fsp3) is 0.472. The van der Waals surface area contributed by atoms with Gasteiger partial charge in [-0.25, -0.2) is 18.2 Å². The van der Waals surface area contributed by atoms with E-state index in [1.54, 1.807) is 31.2 Å². The van der Waals surface area contributed by atoms with Gasteiger partial charge in [-0.1, -0.05) is 30.2 Å². The van der Waals surface area contributed by atoms with Crippen LogP contribution in [0.15, 0.2) is 30.3 Å². The topological polar surface area (TPSA) is 83.8 Å². The second kappa shape index (κ2) is 11.8. The lowest BCUT2D eigenvalue weighted by Gasteiger charge is -2.38. The van der Waals surface area contributed by atoms with Crippen molar-refractivity contribution in [1.82, 2.24) is 19.9 Å². The maximum Gasteiger partial charge on any atom is 0.319 e. The molecule has 8 nitrogen and oxygen atoms in total. The highest BCUT2D eigenvalue weighted by molar-refractivity contribution is 6.03. The first-order valence-corrected chi connectivity index (χ1v) is 16.2. The molecular formula is C36H38F3N5O3. The summed E-state index contributed by atoms with van der Waals surface area (Å²) >= 11 is 0. The van der Waals surface area contributed by atoms with Gasteiger partial charge in [-0.15, -0.1) is 6.42 Å². The number of β-amino-alcohol motifs (C(OH)–C–C–N with tert-alkyl or cyclic N) is 1. The van der Waals surface area contributed by atoms with Crippen LogP contribution in [0.1, 0.15) is 58.4 Å². The lowest BCUT2D eigenvalue weighted by molar-refractivity contribution is 0.0447. The van der Waals surface area contributed by atoms with Gasteiger partial charge < -0.3 is 19.5 Å². The Kier molecular flexibility index (Phi) is 7.92. The lowest BCUT2D eigenvalue weighted by atomic mass is 9.94. The molecule has 0 aliphatic carbocycles. The van der Waals surface area contributed by atoms with Gasteiger partial charge >= 0.3 is 6.01 Å². The zero-order valence-electron chi connectivity index (χ0n) is 26.8. The molecule has 4 aromatic rings. The molecule has 0 radical (unpaired) electrons. The number of hydrogen-bond acceptors (Lipinski definition) is 8. The van der Waals surface area contributed by atoms with Crippen molar-refractivity contribution >= 4 is 27.5 Å². The average molecular weight is 646 g/mol. The minimum absolute atomic E-state index is 0.00298. The summed E-state index contributed by atoms with van der Waals surface area (Å²) < 4.78 is 59.0. The Morgan fingerprint density at radius 2 is 1.89 bits per heavy atom. The molecule has 2 aromatic carbocycles. The van der Waals surface area contributed by atoms with Gasteiger partial charge in [0, 0.05) is 37.0 Å². The summed E-state index contributed by atoms with van der Waals surface area (Å²) in [6.07, 6.45) is 7.80. The predicted molar refractivity (Wildman–Crippen MR) is 175 cm³/mol. The first-order valence-electron chi connectivity index (χ1n) is 16.2. The van der Waals surface area contributed by atoms with Crippen molar-refractivity contribution in [2.75, 3.05) is 37.7 Å². The van der Waals surface area contributed by atoms with E-state index < -0.39 is 28.9 Å². The largest absolute Gasteiger partial charge is 0.474 e. The number of pyridine rings is 1. The van der Waals surface area contributed by atoms with E-state index >= 15 is 4.39 Å². The van der Waals surface area contributed by atoms with E-state index in [0.717, 1.165) is 19.4 Å². The summed E-state index contributed by atoms with van der Waals surface area (Å²) in [6.45, 7) is 7.50. The summed E-state index contributed by atoms with van der Waals surface area (Å²) in [5.41, 5.74) is -1.41. The molecule has 3 saturated heterocycles. The van der Waals surface area contributed by atoms with E-state index in [1.807, 2.05) is 18.7 Å². The first kappa shape index (κ1) is 31.5. The lowest BCUT2D eigenvalue weighted by Crippen LogP contribution is -2.46. The Bertz CT molecular complexity index is 1910. The van der Waals surface area contributed by atoms with Crippen molar-refractivity contribution in [1.29, 1.82) is 0 Å². The van der Waals surface area contributed by atoms with Crippen molar-refractivity contribution in [3.05, 3.63) is 47.5 Å². The Balaban J connectivity index is 1.45. The van der Waals surface area contributed by atoms with E-state index in [4.69, 9.17) is 25.9 Å². The van der Waals surface area contributed by atoms with Crippen LogP contribution in [0.25, 0.3) is 32.9 Å². The number of terminal acetylenes is 1. The molecule has 0 saturated carbocycles. The van der Waals surface area contributed by atoms with Crippen molar-refractivity contribution in [3.63, 3.8) is 0 Å². The number of anilines is 1. The zero-order valence-corrected chi connectivity index (χ0v) is 26.8. The minimum Gasteiger partial charge on any atom is -0.474 e. The van der Waals surface area contributed by atoms with Crippen LogP contribution in [0.5, 0.6) is 11.9 Å². The second-order valence-corrected chi connectivity index (χ2v) is 13.7. The number of nitrogens with zero attached hydrogens (tertiary/aromatic N) is 5. The summed E-state index contributed by atoms with van der Waals surface area (Å²) in [5.74, 6) is 1.45. The van der Waals surface area contributed by atoms with Gasteiger partial charge in [0.15, 0.2) is 5.82 Å². The van der Waals surface area contributed by atoms with Crippen LogP contribution < -0.4 is 14.4 Å². The minimum atomic E-state index is -1.01. The molecule has 7 rings (SSSR count). The third-order valence-electron chi connectivity index (χ3n) is 9.66. The molecule has 0 amide bonds. The van der Waals surface area contributed by atoms with Crippen LogP contribution in [0.3, 0.4) is 0 Å². The van der Waals surface area contributed by atoms with Gasteiger partial charge in [-0.05, 0) is 64.5 Å². The maximum atomic E-state index is 17.1. The highest BCUT2D eigenvalue weighted by Crippen LogP contribution is 2.43. The number of alkyl halides is 1. The molecule has 2 aromatic heterocycles. The van der Waals surface area contributed by atoms with Crippen LogP contribution in [-0.2, 0) is 0 Å². The van der Waals surface area contributed by atoms with E-state index in [9.17, 15) is 13.9 Å². The molecule has 3 atom stereocenters. The quantitative estimate of drug-likeness (QED) is 0.238. The molecule has 0 unspecified atom stereocenters. The van der Waals surface area contributed by atoms with Crippen molar-refractivity contribution < 1.29 is 27.8 Å². The highest BCUT2D eigenvalue weighted by Gasteiger charge is 2.49. The SMILES string of the molecule is C#Cc1c(F)ccc2cccc(-c3nc(OC(C)C)c4c(N5CCC[C@@](C)(O)C5)nc(OC[C@@]56CCCN5C[C@H](F)C6)nc4c3F)c12. The van der Waals surface area contributed by atoms with E-state index in [1.165, 1.54) is 6.07 Å². The summed E-state index contributed by atoms with van der Waals surface area (Å²) in [5, 5.41) is 12.2. The zero-order chi connectivity index (χ0) is 33.1. The van der Waals surface area contributed by atoms with Crippen molar-refractivity contribution in [2.24, 2.45) is 0 Å². The Morgan fingerprint density at radius 3 is 2.66 bits per heavy atom. The van der Waals surface area contributed by atoms with Gasteiger partial charge in [0.05, 0.1) is 22.8 Å². The first-order chi connectivity index (χ1) is 22.5. The fourth-order valence-electron chi connectivity index (χ4n) is 7.62. The Labute approximate surface area is 271 Å². The van der Waals surface area contributed by atoms with Crippen molar-refractivity contribution in [3.8, 4) is 35.5 Å². The Morgan fingerprint density at radius 1 is 1.09 bits per heavy atom. The van der Waals surface area contributed by atoms with Crippen LogP contribution in [0.4, 0.5) is 19.0 Å². The monoisotopic (exact) mass is 645 g/mol. The number of fused-ring (bicyclic) bond motifs is 3. The van der Waals surface area contributed by atoms with Crippen molar-refractivity contribution in [2.45, 2.75) is 76.3 Å².